The Morgan fingerprint density at radius 2 is 1.75 bits per heavy atom. The SMILES string of the molecule is COC(=O)C[C@@H]1CCCc2ccc(OCc3ccc(-c4cc(OC)ccc4F)c(C(C)(C)C)c3)cc21. The van der Waals surface area contributed by atoms with Gasteiger partial charge in [-0.05, 0) is 88.7 Å². The molecule has 0 unspecified atom stereocenters. The van der Waals surface area contributed by atoms with Gasteiger partial charge in [0, 0.05) is 5.56 Å². The molecule has 0 aromatic heterocycles. The van der Waals surface area contributed by atoms with Gasteiger partial charge in [-0.1, -0.05) is 45.0 Å². The highest BCUT2D eigenvalue weighted by Crippen LogP contribution is 2.38. The third kappa shape index (κ3) is 5.72. The van der Waals surface area contributed by atoms with Gasteiger partial charge in [-0.25, -0.2) is 4.39 Å². The topological polar surface area (TPSA) is 44.8 Å². The third-order valence-corrected chi connectivity index (χ3v) is 6.96. The van der Waals surface area contributed by atoms with Crippen LogP contribution in [0.1, 0.15) is 68.2 Å². The minimum atomic E-state index is -0.277. The molecule has 0 saturated heterocycles. The molecule has 0 bridgehead atoms. The number of rotatable bonds is 7. The molecule has 0 radical (unpaired) electrons. The molecule has 0 aliphatic heterocycles. The van der Waals surface area contributed by atoms with Gasteiger partial charge in [0.05, 0.1) is 20.6 Å². The Bertz CT molecular complexity index is 1240. The molecular formula is C31H35FO4. The van der Waals surface area contributed by atoms with E-state index in [9.17, 15) is 9.18 Å². The second kappa shape index (κ2) is 10.7. The lowest BCUT2D eigenvalue weighted by Crippen LogP contribution is -2.15. The van der Waals surface area contributed by atoms with Crippen molar-refractivity contribution in [3.05, 3.63) is 82.7 Å². The van der Waals surface area contributed by atoms with Crippen LogP contribution in [0.5, 0.6) is 11.5 Å². The maximum atomic E-state index is 14.8. The van der Waals surface area contributed by atoms with E-state index >= 15 is 0 Å². The number of methoxy groups -OCH3 is 2. The van der Waals surface area contributed by atoms with Crippen LogP contribution in [-0.2, 0) is 28.0 Å². The summed E-state index contributed by atoms with van der Waals surface area (Å²) in [5.41, 5.74) is 5.69. The second-order valence-corrected chi connectivity index (χ2v) is 10.5. The van der Waals surface area contributed by atoms with Gasteiger partial charge in [0.25, 0.3) is 0 Å². The van der Waals surface area contributed by atoms with Crippen LogP contribution in [0.25, 0.3) is 11.1 Å². The lowest BCUT2D eigenvalue weighted by molar-refractivity contribution is -0.141. The first kappa shape index (κ1) is 25.7. The highest BCUT2D eigenvalue weighted by atomic mass is 19.1. The number of benzene rings is 3. The molecule has 0 N–H and O–H groups in total. The maximum absolute atomic E-state index is 14.8. The first-order chi connectivity index (χ1) is 17.2. The van der Waals surface area contributed by atoms with E-state index < -0.39 is 0 Å². The molecule has 1 aliphatic rings. The van der Waals surface area contributed by atoms with Gasteiger partial charge in [-0.2, -0.15) is 0 Å². The number of carbonyl (C=O) groups excluding carboxylic acids is 1. The molecule has 36 heavy (non-hydrogen) atoms. The van der Waals surface area contributed by atoms with Crippen molar-refractivity contribution < 1.29 is 23.4 Å². The Morgan fingerprint density at radius 1 is 0.972 bits per heavy atom. The zero-order valence-corrected chi connectivity index (χ0v) is 21.8. The van der Waals surface area contributed by atoms with E-state index in [1.807, 2.05) is 18.2 Å². The Hall–Kier alpha value is -3.34. The number of carbonyl (C=O) groups is 1. The van der Waals surface area contributed by atoms with Crippen molar-refractivity contribution >= 4 is 5.97 Å². The first-order valence-electron chi connectivity index (χ1n) is 12.5. The molecule has 4 nitrogen and oxygen atoms in total. The van der Waals surface area contributed by atoms with E-state index in [1.54, 1.807) is 19.2 Å². The molecule has 0 amide bonds. The molecule has 1 atom stereocenters. The molecule has 0 fully saturated rings. The van der Waals surface area contributed by atoms with Gasteiger partial charge in [-0.15, -0.1) is 0 Å². The van der Waals surface area contributed by atoms with E-state index in [4.69, 9.17) is 14.2 Å². The average Bonchev–Trinajstić information content (AvgIpc) is 2.87. The van der Waals surface area contributed by atoms with Crippen molar-refractivity contribution in [3.63, 3.8) is 0 Å². The number of fused-ring (bicyclic) bond motifs is 1. The molecule has 0 spiro atoms. The monoisotopic (exact) mass is 490 g/mol. The normalized spacial score (nSPS) is 15.2. The average molecular weight is 491 g/mol. The van der Waals surface area contributed by atoms with Gasteiger partial charge in [0.1, 0.15) is 23.9 Å². The van der Waals surface area contributed by atoms with Gasteiger partial charge in [-0.3, -0.25) is 4.79 Å². The van der Waals surface area contributed by atoms with Crippen LogP contribution in [-0.4, -0.2) is 20.2 Å². The summed E-state index contributed by atoms with van der Waals surface area (Å²) in [6.07, 6.45) is 3.46. The molecular weight excluding hydrogens is 455 g/mol. The number of ether oxygens (including phenoxy) is 3. The van der Waals surface area contributed by atoms with E-state index in [-0.39, 0.29) is 23.1 Å². The molecule has 1 aliphatic carbocycles. The smallest absolute Gasteiger partial charge is 0.306 e. The molecule has 190 valence electrons. The van der Waals surface area contributed by atoms with Crippen LogP contribution in [0, 0.1) is 5.82 Å². The van der Waals surface area contributed by atoms with E-state index in [0.717, 1.165) is 41.7 Å². The van der Waals surface area contributed by atoms with Crippen molar-refractivity contribution in [1.82, 2.24) is 0 Å². The van der Waals surface area contributed by atoms with Gasteiger partial charge < -0.3 is 14.2 Å². The quantitative estimate of drug-likeness (QED) is 0.325. The Kier molecular flexibility index (Phi) is 7.67. The number of hydrogen-bond acceptors (Lipinski definition) is 4. The predicted octanol–water partition coefficient (Wildman–Crippen LogP) is 7.36. The van der Waals surface area contributed by atoms with E-state index in [1.165, 1.54) is 24.3 Å². The minimum Gasteiger partial charge on any atom is -0.497 e. The molecule has 0 heterocycles. The van der Waals surface area contributed by atoms with Crippen molar-refractivity contribution in [3.8, 4) is 22.6 Å². The fraction of sp³-hybridized carbons (Fsp3) is 0.387. The Balaban J connectivity index is 1.59. The fourth-order valence-electron chi connectivity index (χ4n) is 5.00. The maximum Gasteiger partial charge on any atom is 0.306 e. The van der Waals surface area contributed by atoms with Crippen molar-refractivity contribution in [2.45, 2.75) is 64.4 Å². The van der Waals surface area contributed by atoms with Crippen molar-refractivity contribution in [1.29, 1.82) is 0 Å². The summed E-state index contributed by atoms with van der Waals surface area (Å²) in [6, 6.07) is 17.1. The van der Waals surface area contributed by atoms with E-state index in [2.05, 4.69) is 39.0 Å². The number of aryl methyl sites for hydroxylation is 1. The number of hydrogen-bond donors (Lipinski definition) is 0. The molecule has 4 rings (SSSR count). The Morgan fingerprint density at radius 3 is 2.47 bits per heavy atom. The Labute approximate surface area is 213 Å². The highest BCUT2D eigenvalue weighted by Gasteiger charge is 2.24. The van der Waals surface area contributed by atoms with Crippen LogP contribution >= 0.6 is 0 Å². The van der Waals surface area contributed by atoms with Crippen LogP contribution in [0.3, 0.4) is 0 Å². The minimum absolute atomic E-state index is 0.161. The molecule has 5 heteroatoms. The first-order valence-corrected chi connectivity index (χ1v) is 12.5. The van der Waals surface area contributed by atoms with Crippen LogP contribution in [0.4, 0.5) is 4.39 Å². The summed E-state index contributed by atoms with van der Waals surface area (Å²) in [5.74, 6) is 1.11. The summed E-state index contributed by atoms with van der Waals surface area (Å²) in [5, 5.41) is 0. The lowest BCUT2D eigenvalue weighted by atomic mass is 9.80. The van der Waals surface area contributed by atoms with Crippen LogP contribution in [0.2, 0.25) is 0 Å². The number of halogens is 1. The summed E-state index contributed by atoms with van der Waals surface area (Å²) in [7, 11) is 3.02. The lowest BCUT2D eigenvalue weighted by Gasteiger charge is -2.26. The van der Waals surface area contributed by atoms with Crippen molar-refractivity contribution in [2.24, 2.45) is 0 Å². The summed E-state index contributed by atoms with van der Waals surface area (Å²) >= 11 is 0. The van der Waals surface area contributed by atoms with Gasteiger partial charge in [0.2, 0.25) is 0 Å². The van der Waals surface area contributed by atoms with E-state index in [0.29, 0.717) is 24.3 Å². The molecule has 0 saturated carbocycles. The van der Waals surface area contributed by atoms with Gasteiger partial charge >= 0.3 is 5.97 Å². The third-order valence-electron chi connectivity index (χ3n) is 6.96. The predicted molar refractivity (Wildman–Crippen MR) is 140 cm³/mol. The summed E-state index contributed by atoms with van der Waals surface area (Å²) in [4.78, 5) is 11.9. The molecule has 3 aromatic carbocycles. The number of esters is 1. The van der Waals surface area contributed by atoms with Crippen LogP contribution < -0.4 is 9.47 Å². The van der Waals surface area contributed by atoms with Crippen LogP contribution in [0.15, 0.2) is 54.6 Å². The van der Waals surface area contributed by atoms with Gasteiger partial charge in [0.15, 0.2) is 0 Å². The highest BCUT2D eigenvalue weighted by molar-refractivity contribution is 5.71. The summed E-state index contributed by atoms with van der Waals surface area (Å²) < 4.78 is 31.2. The summed E-state index contributed by atoms with van der Waals surface area (Å²) in [6.45, 7) is 6.77. The standard InChI is InChI=1S/C31H35FO4/c1-31(2,3)28-15-20(9-13-25(28)27-17-23(34-4)12-14-29(27)32)19-36-24-11-10-21-7-6-8-22(26(21)18-24)16-30(33)35-5/h9-15,17-18,22H,6-8,16,19H2,1-5H3/t22-/m0/s1. The fourth-order valence-corrected chi connectivity index (χ4v) is 5.00. The zero-order chi connectivity index (χ0) is 25.9. The molecule has 3 aromatic rings. The second-order valence-electron chi connectivity index (χ2n) is 10.5. The van der Waals surface area contributed by atoms with Crippen molar-refractivity contribution in [2.75, 3.05) is 14.2 Å². The zero-order valence-electron chi connectivity index (χ0n) is 21.8. The largest absolute Gasteiger partial charge is 0.497 e.